The van der Waals surface area contributed by atoms with Crippen LogP contribution in [0.25, 0.3) is 16.9 Å². The van der Waals surface area contributed by atoms with Gasteiger partial charge in [0.05, 0.1) is 11.4 Å². The van der Waals surface area contributed by atoms with Crippen molar-refractivity contribution < 1.29 is 8.78 Å². The first-order valence-corrected chi connectivity index (χ1v) is 6.01. The van der Waals surface area contributed by atoms with Crippen molar-refractivity contribution in [1.29, 1.82) is 0 Å². The maximum Gasteiger partial charge on any atom is 0.132 e. The fourth-order valence-corrected chi connectivity index (χ4v) is 2.00. The summed E-state index contributed by atoms with van der Waals surface area (Å²) in [6, 6.07) is 14.0. The van der Waals surface area contributed by atoms with Crippen LogP contribution in [0.1, 0.15) is 0 Å². The quantitative estimate of drug-likeness (QED) is 0.776. The molecular formula is C15H11F2N3. The lowest BCUT2D eigenvalue weighted by Gasteiger charge is -2.03. The Bertz CT molecular complexity index is 751. The number of rotatable bonds is 2. The molecule has 3 aromatic rings. The van der Waals surface area contributed by atoms with Crippen molar-refractivity contribution in [3.63, 3.8) is 0 Å². The molecule has 0 unspecified atom stereocenters. The molecule has 2 N–H and O–H groups in total. The molecule has 20 heavy (non-hydrogen) atoms. The van der Waals surface area contributed by atoms with Gasteiger partial charge in [-0.15, -0.1) is 0 Å². The smallest absolute Gasteiger partial charge is 0.132 e. The van der Waals surface area contributed by atoms with Crippen LogP contribution >= 0.6 is 0 Å². The molecule has 2 aromatic carbocycles. The number of hydrogen-bond acceptors (Lipinski definition) is 2. The Morgan fingerprint density at radius 3 is 2.45 bits per heavy atom. The first-order chi connectivity index (χ1) is 9.65. The summed E-state index contributed by atoms with van der Waals surface area (Å²) < 4.78 is 28.5. The molecular weight excluding hydrogens is 260 g/mol. The minimum Gasteiger partial charge on any atom is -0.384 e. The highest BCUT2D eigenvalue weighted by atomic mass is 19.1. The second kappa shape index (κ2) is 4.77. The molecule has 0 saturated carbocycles. The van der Waals surface area contributed by atoms with Gasteiger partial charge in [0.15, 0.2) is 0 Å². The normalized spacial score (nSPS) is 10.7. The molecule has 3 nitrogen and oxygen atoms in total. The number of para-hydroxylation sites is 1. The first-order valence-electron chi connectivity index (χ1n) is 6.01. The summed E-state index contributed by atoms with van der Waals surface area (Å²) >= 11 is 0. The predicted molar refractivity (Wildman–Crippen MR) is 73.3 cm³/mol. The Hall–Kier alpha value is -2.69. The van der Waals surface area contributed by atoms with Crippen LogP contribution in [0.5, 0.6) is 0 Å². The Labute approximate surface area is 114 Å². The monoisotopic (exact) mass is 271 g/mol. The summed E-state index contributed by atoms with van der Waals surface area (Å²) in [5, 5.41) is 4.24. The molecule has 0 amide bonds. The zero-order chi connectivity index (χ0) is 14.1. The average molecular weight is 271 g/mol. The third-order valence-corrected chi connectivity index (χ3v) is 2.94. The standard InChI is InChI=1S/C15H11F2N3/c16-10-6-7-13(17)12(8-10)14-9-15(18)20(19-14)11-4-2-1-3-5-11/h1-9H,18H2. The Morgan fingerprint density at radius 1 is 0.950 bits per heavy atom. The summed E-state index contributed by atoms with van der Waals surface area (Å²) in [5.41, 5.74) is 7.02. The van der Waals surface area contributed by atoms with E-state index in [1.807, 2.05) is 30.3 Å². The van der Waals surface area contributed by atoms with Crippen LogP contribution in [-0.4, -0.2) is 9.78 Å². The predicted octanol–water partition coefficient (Wildman–Crippen LogP) is 3.40. The number of aromatic nitrogens is 2. The number of nitrogen functional groups attached to an aromatic ring is 1. The molecule has 1 heterocycles. The third-order valence-electron chi connectivity index (χ3n) is 2.94. The van der Waals surface area contributed by atoms with Gasteiger partial charge in [-0.3, -0.25) is 0 Å². The summed E-state index contributed by atoms with van der Waals surface area (Å²) in [7, 11) is 0. The molecule has 0 saturated heterocycles. The first kappa shape index (κ1) is 12.3. The van der Waals surface area contributed by atoms with E-state index in [2.05, 4.69) is 5.10 Å². The average Bonchev–Trinajstić information content (AvgIpc) is 2.84. The maximum atomic E-state index is 13.7. The summed E-state index contributed by atoms with van der Waals surface area (Å²) in [4.78, 5) is 0. The van der Waals surface area contributed by atoms with Crippen LogP contribution in [0.4, 0.5) is 14.6 Å². The minimum absolute atomic E-state index is 0.0892. The third kappa shape index (κ3) is 2.14. The second-order valence-corrected chi connectivity index (χ2v) is 4.33. The molecule has 0 spiro atoms. The van der Waals surface area contributed by atoms with Crippen LogP contribution in [0.2, 0.25) is 0 Å². The number of nitrogens with zero attached hydrogens (tertiary/aromatic N) is 2. The van der Waals surface area contributed by atoms with E-state index in [0.29, 0.717) is 11.5 Å². The molecule has 100 valence electrons. The summed E-state index contributed by atoms with van der Waals surface area (Å²) in [6.45, 7) is 0. The molecule has 0 aliphatic heterocycles. The van der Waals surface area contributed by atoms with E-state index in [1.54, 1.807) is 0 Å². The summed E-state index contributed by atoms with van der Waals surface area (Å²) in [5.74, 6) is -0.701. The highest BCUT2D eigenvalue weighted by molar-refractivity contribution is 5.64. The number of halogens is 2. The van der Waals surface area contributed by atoms with Crippen LogP contribution in [0, 0.1) is 11.6 Å². The van der Waals surface area contributed by atoms with Gasteiger partial charge < -0.3 is 5.73 Å². The van der Waals surface area contributed by atoms with Gasteiger partial charge in [-0.2, -0.15) is 5.10 Å². The van der Waals surface area contributed by atoms with Crippen LogP contribution in [0.3, 0.4) is 0 Å². The zero-order valence-electron chi connectivity index (χ0n) is 10.4. The Morgan fingerprint density at radius 2 is 1.70 bits per heavy atom. The molecule has 0 fully saturated rings. The van der Waals surface area contributed by atoms with Gasteiger partial charge in [-0.05, 0) is 30.3 Å². The van der Waals surface area contributed by atoms with Crippen LogP contribution < -0.4 is 5.73 Å². The van der Waals surface area contributed by atoms with E-state index < -0.39 is 11.6 Å². The summed E-state index contributed by atoms with van der Waals surface area (Å²) in [6.07, 6.45) is 0. The molecule has 0 aliphatic rings. The molecule has 5 heteroatoms. The van der Waals surface area contributed by atoms with E-state index in [-0.39, 0.29) is 5.56 Å². The number of hydrogen-bond donors (Lipinski definition) is 1. The van der Waals surface area contributed by atoms with Crippen LogP contribution in [0.15, 0.2) is 54.6 Å². The van der Waals surface area contributed by atoms with Gasteiger partial charge >= 0.3 is 0 Å². The lowest BCUT2D eigenvalue weighted by molar-refractivity contribution is 0.602. The van der Waals surface area contributed by atoms with Crippen molar-refractivity contribution in [2.24, 2.45) is 0 Å². The van der Waals surface area contributed by atoms with Crippen LogP contribution in [-0.2, 0) is 0 Å². The van der Waals surface area contributed by atoms with Gasteiger partial charge in [0.25, 0.3) is 0 Å². The lowest BCUT2D eigenvalue weighted by atomic mass is 10.1. The van der Waals surface area contributed by atoms with Crippen molar-refractivity contribution in [3.05, 3.63) is 66.2 Å². The molecule has 0 aliphatic carbocycles. The molecule has 0 radical (unpaired) electrons. The zero-order valence-corrected chi connectivity index (χ0v) is 10.4. The van der Waals surface area contributed by atoms with Gasteiger partial charge in [0.1, 0.15) is 17.5 Å². The van der Waals surface area contributed by atoms with Gasteiger partial charge in [-0.25, -0.2) is 13.5 Å². The number of anilines is 1. The number of nitrogens with two attached hydrogens (primary N) is 1. The van der Waals surface area contributed by atoms with Crippen molar-refractivity contribution in [2.75, 3.05) is 5.73 Å². The topological polar surface area (TPSA) is 43.8 Å². The van der Waals surface area contributed by atoms with Gasteiger partial charge in [-0.1, -0.05) is 18.2 Å². The van der Waals surface area contributed by atoms with Crippen molar-refractivity contribution in [1.82, 2.24) is 9.78 Å². The van der Waals surface area contributed by atoms with E-state index in [1.165, 1.54) is 10.7 Å². The maximum absolute atomic E-state index is 13.7. The fraction of sp³-hybridized carbons (Fsp3) is 0. The second-order valence-electron chi connectivity index (χ2n) is 4.33. The number of benzene rings is 2. The van der Waals surface area contributed by atoms with Gasteiger partial charge in [0.2, 0.25) is 0 Å². The van der Waals surface area contributed by atoms with E-state index in [9.17, 15) is 8.78 Å². The molecule has 0 atom stereocenters. The van der Waals surface area contributed by atoms with Crippen molar-refractivity contribution >= 4 is 5.82 Å². The molecule has 0 bridgehead atoms. The largest absolute Gasteiger partial charge is 0.384 e. The van der Waals surface area contributed by atoms with Gasteiger partial charge in [0, 0.05) is 11.6 Å². The molecule has 3 rings (SSSR count). The highest BCUT2D eigenvalue weighted by Crippen LogP contribution is 2.25. The van der Waals surface area contributed by atoms with E-state index >= 15 is 0 Å². The SMILES string of the molecule is Nc1cc(-c2cc(F)ccc2F)nn1-c1ccccc1. The van der Waals surface area contributed by atoms with E-state index in [0.717, 1.165) is 23.9 Å². The van der Waals surface area contributed by atoms with E-state index in [4.69, 9.17) is 5.73 Å². The van der Waals surface area contributed by atoms with Crippen molar-refractivity contribution in [2.45, 2.75) is 0 Å². The minimum atomic E-state index is -0.538. The molecule has 1 aromatic heterocycles. The Balaban J connectivity index is 2.11. The highest BCUT2D eigenvalue weighted by Gasteiger charge is 2.13. The fourth-order valence-electron chi connectivity index (χ4n) is 2.00. The van der Waals surface area contributed by atoms with Crippen molar-refractivity contribution in [3.8, 4) is 16.9 Å². The Kier molecular flexibility index (Phi) is 2.95. The lowest BCUT2D eigenvalue weighted by Crippen LogP contribution is -2.01.